The van der Waals surface area contributed by atoms with E-state index in [9.17, 15) is 28.2 Å². The fourth-order valence-corrected chi connectivity index (χ4v) is 3.38. The highest BCUT2D eigenvalue weighted by Gasteiger charge is 2.43. The second-order valence-corrected chi connectivity index (χ2v) is 9.27. The van der Waals surface area contributed by atoms with E-state index >= 15 is 0 Å². The maximum atomic E-state index is 14.5. The van der Waals surface area contributed by atoms with Crippen LogP contribution in [0.1, 0.15) is 24.2 Å². The van der Waals surface area contributed by atoms with Crippen molar-refractivity contribution in [3.63, 3.8) is 0 Å². The number of aliphatic hydroxyl groups excluding tert-OH is 1. The Morgan fingerprint density at radius 3 is 2.55 bits per heavy atom. The van der Waals surface area contributed by atoms with Crippen LogP contribution in [0.5, 0.6) is 0 Å². The molecule has 0 bridgehead atoms. The number of hydrogen-bond acceptors (Lipinski definition) is 5. The van der Waals surface area contributed by atoms with Crippen molar-refractivity contribution in [3.8, 4) is 0 Å². The Morgan fingerprint density at radius 2 is 1.94 bits per heavy atom. The Kier molecular flexibility index (Phi) is 6.63. The van der Waals surface area contributed by atoms with Crippen LogP contribution in [0.3, 0.4) is 0 Å². The standard InChI is InChI=1S/C21H21F3IN3O3/c1-20(2,11-29)26-8-21(31)9-28(10-21)19(30)13-4-5-14(22)17(24)18(13)27-16-6-3-12(25)7-15(16)23/h3-8,27,29,31H,9-11H2,1-2H3. The smallest absolute Gasteiger partial charge is 0.256 e. The normalized spacial score (nSPS) is 15.8. The zero-order valence-corrected chi connectivity index (χ0v) is 19.0. The lowest BCUT2D eigenvalue weighted by Crippen LogP contribution is -2.64. The summed E-state index contributed by atoms with van der Waals surface area (Å²) in [6, 6.07) is 6.07. The summed E-state index contributed by atoms with van der Waals surface area (Å²) < 4.78 is 43.2. The van der Waals surface area contributed by atoms with Gasteiger partial charge >= 0.3 is 0 Å². The van der Waals surface area contributed by atoms with Gasteiger partial charge in [-0.2, -0.15) is 0 Å². The number of carbonyl (C=O) groups excluding carboxylic acids is 1. The number of halogens is 4. The van der Waals surface area contributed by atoms with Gasteiger partial charge in [-0.25, -0.2) is 13.2 Å². The SMILES string of the molecule is CC(C)(CO)N=CC1(O)CN(C(=O)c2ccc(F)c(F)c2Nc2ccc(I)cc2F)C1. The Hall–Kier alpha value is -2.18. The van der Waals surface area contributed by atoms with Crippen LogP contribution in [0.4, 0.5) is 24.5 Å². The van der Waals surface area contributed by atoms with E-state index in [1.165, 1.54) is 23.2 Å². The van der Waals surface area contributed by atoms with Gasteiger partial charge < -0.3 is 20.4 Å². The third kappa shape index (κ3) is 5.18. The summed E-state index contributed by atoms with van der Waals surface area (Å²) >= 11 is 1.91. The monoisotopic (exact) mass is 547 g/mol. The first-order chi connectivity index (χ1) is 14.4. The van der Waals surface area contributed by atoms with Gasteiger partial charge in [0, 0.05) is 9.78 Å². The number of aliphatic hydroxyl groups is 2. The van der Waals surface area contributed by atoms with Gasteiger partial charge in [-0.3, -0.25) is 9.79 Å². The number of carbonyl (C=O) groups is 1. The van der Waals surface area contributed by atoms with Gasteiger partial charge in [-0.15, -0.1) is 0 Å². The third-order valence-corrected chi connectivity index (χ3v) is 5.44. The number of hydrogen-bond donors (Lipinski definition) is 3. The van der Waals surface area contributed by atoms with E-state index < -0.39 is 40.2 Å². The van der Waals surface area contributed by atoms with Crippen LogP contribution in [-0.2, 0) is 0 Å². The zero-order chi connectivity index (χ0) is 23.0. The fraction of sp³-hybridized carbons (Fsp3) is 0.333. The molecular weight excluding hydrogens is 526 g/mol. The van der Waals surface area contributed by atoms with E-state index in [0.717, 1.165) is 12.1 Å². The minimum Gasteiger partial charge on any atom is -0.394 e. The Balaban J connectivity index is 1.83. The molecule has 1 aliphatic rings. The second kappa shape index (κ2) is 8.75. The number of aliphatic imine (C=N–C) groups is 1. The van der Waals surface area contributed by atoms with E-state index in [1.807, 2.05) is 22.6 Å². The predicted octanol–water partition coefficient (Wildman–Crippen LogP) is 3.48. The molecule has 0 atom stereocenters. The number of anilines is 2. The van der Waals surface area contributed by atoms with Crippen LogP contribution in [-0.4, -0.2) is 58.1 Å². The van der Waals surface area contributed by atoms with Crippen LogP contribution in [0.25, 0.3) is 0 Å². The average molecular weight is 547 g/mol. The molecule has 31 heavy (non-hydrogen) atoms. The van der Waals surface area contributed by atoms with Crippen LogP contribution < -0.4 is 5.32 Å². The molecule has 3 N–H and O–H groups in total. The zero-order valence-electron chi connectivity index (χ0n) is 16.8. The van der Waals surface area contributed by atoms with Crippen molar-refractivity contribution < 1.29 is 28.2 Å². The summed E-state index contributed by atoms with van der Waals surface area (Å²) in [6.45, 7) is 2.90. The third-order valence-electron chi connectivity index (χ3n) is 4.77. The molecule has 1 heterocycles. The van der Waals surface area contributed by atoms with Gasteiger partial charge in [0.05, 0.1) is 42.2 Å². The number of nitrogens with one attached hydrogen (secondary N) is 1. The molecule has 0 unspecified atom stereocenters. The molecule has 0 aliphatic carbocycles. The molecule has 0 aromatic heterocycles. The van der Waals surface area contributed by atoms with Crippen molar-refractivity contribution in [2.45, 2.75) is 25.0 Å². The van der Waals surface area contributed by atoms with E-state index in [2.05, 4.69) is 10.3 Å². The van der Waals surface area contributed by atoms with Crippen LogP contribution in [0.15, 0.2) is 35.3 Å². The highest BCUT2D eigenvalue weighted by Crippen LogP contribution is 2.31. The molecule has 10 heteroatoms. The molecule has 166 valence electrons. The van der Waals surface area contributed by atoms with Gasteiger partial charge in [0.2, 0.25) is 0 Å². The number of rotatable bonds is 6. The van der Waals surface area contributed by atoms with Crippen molar-refractivity contribution in [2.75, 3.05) is 25.0 Å². The molecule has 1 fully saturated rings. The largest absolute Gasteiger partial charge is 0.394 e. The topological polar surface area (TPSA) is 85.2 Å². The molecule has 2 aromatic carbocycles. The predicted molar refractivity (Wildman–Crippen MR) is 119 cm³/mol. The van der Waals surface area contributed by atoms with Crippen LogP contribution in [0, 0.1) is 21.0 Å². The molecule has 1 aliphatic heterocycles. The maximum Gasteiger partial charge on any atom is 0.256 e. The van der Waals surface area contributed by atoms with Crippen LogP contribution in [0.2, 0.25) is 0 Å². The summed E-state index contributed by atoms with van der Waals surface area (Å²) in [5.41, 5.74) is -2.98. The van der Waals surface area contributed by atoms with E-state index in [1.54, 1.807) is 19.9 Å². The van der Waals surface area contributed by atoms with Gasteiger partial charge in [-0.1, -0.05) is 0 Å². The molecule has 0 spiro atoms. The molecule has 6 nitrogen and oxygen atoms in total. The lowest BCUT2D eigenvalue weighted by molar-refractivity contribution is -0.0289. The first-order valence-corrected chi connectivity index (χ1v) is 10.4. The van der Waals surface area contributed by atoms with Gasteiger partial charge in [0.25, 0.3) is 5.91 Å². The molecule has 0 saturated carbocycles. The minimum absolute atomic E-state index is 0.113. The van der Waals surface area contributed by atoms with Crippen molar-refractivity contribution in [1.29, 1.82) is 0 Å². The van der Waals surface area contributed by atoms with E-state index in [0.29, 0.717) is 3.57 Å². The van der Waals surface area contributed by atoms with Crippen molar-refractivity contribution >= 4 is 46.1 Å². The number of nitrogens with zero attached hydrogens (tertiary/aromatic N) is 2. The second-order valence-electron chi connectivity index (χ2n) is 8.03. The van der Waals surface area contributed by atoms with Gasteiger partial charge in [0.1, 0.15) is 11.4 Å². The van der Waals surface area contributed by atoms with Gasteiger partial charge in [-0.05, 0) is 66.8 Å². The summed E-state index contributed by atoms with van der Waals surface area (Å²) in [7, 11) is 0. The number of benzene rings is 2. The Bertz CT molecular complexity index is 1040. The number of β-amino-alcohol motifs (C(OH)–C–C–N with tert-alkyl or cyclic N) is 1. The lowest BCUT2D eigenvalue weighted by atomic mass is 9.93. The highest BCUT2D eigenvalue weighted by atomic mass is 127. The van der Waals surface area contributed by atoms with Crippen molar-refractivity contribution in [3.05, 3.63) is 56.9 Å². The first-order valence-electron chi connectivity index (χ1n) is 9.34. The molecule has 0 radical (unpaired) electrons. The van der Waals surface area contributed by atoms with E-state index in [-0.39, 0.29) is 30.9 Å². The Labute approximate surface area is 190 Å². The molecular formula is C21H21F3IN3O3. The maximum absolute atomic E-state index is 14.5. The molecule has 3 rings (SSSR count). The summed E-state index contributed by atoms with van der Waals surface area (Å²) in [4.78, 5) is 18.3. The lowest BCUT2D eigenvalue weighted by Gasteiger charge is -2.44. The Morgan fingerprint density at radius 1 is 1.26 bits per heavy atom. The summed E-state index contributed by atoms with van der Waals surface area (Å²) in [5.74, 6) is -3.85. The van der Waals surface area contributed by atoms with Crippen molar-refractivity contribution in [1.82, 2.24) is 4.90 Å². The fourth-order valence-electron chi connectivity index (χ4n) is 2.92. The molecule has 1 saturated heterocycles. The average Bonchev–Trinajstić information content (AvgIpc) is 2.69. The minimum atomic E-state index is -1.39. The number of amides is 1. The molecule has 1 amide bonds. The van der Waals surface area contributed by atoms with E-state index in [4.69, 9.17) is 0 Å². The first kappa shape index (κ1) is 23.5. The summed E-state index contributed by atoms with van der Waals surface area (Å²) in [5, 5.41) is 22.2. The quantitative estimate of drug-likeness (QED) is 0.382. The molecule has 2 aromatic rings. The highest BCUT2D eigenvalue weighted by molar-refractivity contribution is 14.1. The van der Waals surface area contributed by atoms with Crippen LogP contribution >= 0.6 is 22.6 Å². The number of likely N-dealkylation sites (tertiary alicyclic amines) is 1. The summed E-state index contributed by atoms with van der Waals surface area (Å²) in [6.07, 6.45) is 1.28. The van der Waals surface area contributed by atoms with Gasteiger partial charge in [0.15, 0.2) is 11.6 Å². The van der Waals surface area contributed by atoms with Crippen molar-refractivity contribution in [2.24, 2.45) is 4.99 Å².